The highest BCUT2D eigenvalue weighted by molar-refractivity contribution is 5.76. The Bertz CT molecular complexity index is 480. The number of rotatable bonds is 6. The number of nitrogens with zero attached hydrogens (tertiary/aromatic N) is 4. The van der Waals surface area contributed by atoms with Crippen LogP contribution < -0.4 is 0 Å². The number of likely N-dealkylation sites (tertiary alicyclic amines) is 1. The molecule has 0 radical (unpaired) electrons. The van der Waals surface area contributed by atoms with Crippen LogP contribution in [0.4, 0.5) is 0 Å². The molecule has 0 aromatic carbocycles. The number of carbonyl (C=O) groups excluding carboxylic acids is 1. The van der Waals surface area contributed by atoms with Gasteiger partial charge in [-0.15, -0.1) is 0 Å². The van der Waals surface area contributed by atoms with Crippen LogP contribution in [-0.4, -0.2) is 83.6 Å². The maximum Gasteiger partial charge on any atom is 0.224 e. The lowest BCUT2D eigenvalue weighted by molar-refractivity contribution is -0.130. The maximum absolute atomic E-state index is 12.3. The minimum absolute atomic E-state index is 0.0372. The highest BCUT2D eigenvalue weighted by atomic mass is 16.3. The van der Waals surface area contributed by atoms with Gasteiger partial charge in [0.15, 0.2) is 0 Å². The van der Waals surface area contributed by atoms with E-state index in [4.69, 9.17) is 0 Å². The summed E-state index contributed by atoms with van der Waals surface area (Å²) in [6.07, 6.45) is 1.79. The van der Waals surface area contributed by atoms with Crippen molar-refractivity contribution in [3.63, 3.8) is 0 Å². The van der Waals surface area contributed by atoms with Crippen LogP contribution in [0.1, 0.15) is 12.1 Å². The number of hydrogen-bond donors (Lipinski definition) is 1. The maximum atomic E-state index is 12.3. The van der Waals surface area contributed by atoms with E-state index in [9.17, 15) is 9.90 Å². The molecule has 22 heavy (non-hydrogen) atoms. The summed E-state index contributed by atoms with van der Waals surface area (Å²) in [5.41, 5.74) is 1.00. The Labute approximate surface area is 132 Å². The Hall–Kier alpha value is -1.50. The highest BCUT2D eigenvalue weighted by Gasteiger charge is 2.34. The van der Waals surface area contributed by atoms with Crippen LogP contribution in [0, 0.1) is 0 Å². The average Bonchev–Trinajstić information content (AvgIpc) is 2.88. The molecule has 1 fully saturated rings. The third-order valence-corrected chi connectivity index (χ3v) is 4.14. The highest BCUT2D eigenvalue weighted by Crippen LogP contribution is 2.15. The van der Waals surface area contributed by atoms with Gasteiger partial charge in [0.25, 0.3) is 0 Å². The van der Waals surface area contributed by atoms with E-state index in [0.717, 1.165) is 12.2 Å². The van der Waals surface area contributed by atoms with Crippen LogP contribution in [0.25, 0.3) is 0 Å². The average molecular weight is 306 g/mol. The normalized spacial score (nSPS) is 21.8. The second-order valence-electron chi connectivity index (χ2n) is 6.21. The number of amides is 1. The Morgan fingerprint density at radius 2 is 2.14 bits per heavy atom. The van der Waals surface area contributed by atoms with Gasteiger partial charge in [0.1, 0.15) is 0 Å². The van der Waals surface area contributed by atoms with Gasteiger partial charge in [-0.25, -0.2) is 0 Å². The standard InChI is InChI=1S/C16H26N4O2/c1-18(2)14-11-20(12-15(14)21)16(22)7-9-19(3)10-13-6-4-5-8-17-13/h4-6,8,14-15,21H,7,9-12H2,1-3H3/t14-,15-/m1/s1. The van der Waals surface area contributed by atoms with E-state index in [1.807, 2.05) is 44.2 Å². The van der Waals surface area contributed by atoms with Gasteiger partial charge in [0.2, 0.25) is 5.91 Å². The Morgan fingerprint density at radius 3 is 2.73 bits per heavy atom. The molecule has 0 unspecified atom stereocenters. The number of aliphatic hydroxyl groups is 1. The molecule has 2 rings (SSSR count). The third-order valence-electron chi connectivity index (χ3n) is 4.14. The molecule has 1 aliphatic rings. The Kier molecular flexibility index (Phi) is 5.88. The predicted octanol–water partition coefficient (Wildman–Crippen LogP) is 0.0368. The van der Waals surface area contributed by atoms with Crippen molar-refractivity contribution in [1.82, 2.24) is 19.7 Å². The van der Waals surface area contributed by atoms with Crippen LogP contribution in [0.5, 0.6) is 0 Å². The summed E-state index contributed by atoms with van der Waals surface area (Å²) in [5.74, 6) is 0.108. The fourth-order valence-corrected chi connectivity index (χ4v) is 2.77. The number of aromatic nitrogens is 1. The zero-order chi connectivity index (χ0) is 16.1. The molecular weight excluding hydrogens is 280 g/mol. The molecule has 2 atom stereocenters. The lowest BCUT2D eigenvalue weighted by Gasteiger charge is -2.22. The first-order valence-corrected chi connectivity index (χ1v) is 7.68. The van der Waals surface area contributed by atoms with E-state index in [1.165, 1.54) is 0 Å². The fourth-order valence-electron chi connectivity index (χ4n) is 2.77. The molecule has 0 saturated carbocycles. The summed E-state index contributed by atoms with van der Waals surface area (Å²) in [6, 6.07) is 5.88. The quantitative estimate of drug-likeness (QED) is 0.804. The summed E-state index contributed by atoms with van der Waals surface area (Å²) in [6.45, 7) is 2.47. The van der Waals surface area contributed by atoms with Gasteiger partial charge in [0.05, 0.1) is 17.8 Å². The summed E-state index contributed by atoms with van der Waals surface area (Å²) in [4.78, 5) is 22.4. The smallest absolute Gasteiger partial charge is 0.224 e. The van der Waals surface area contributed by atoms with Crippen molar-refractivity contribution in [2.24, 2.45) is 0 Å². The number of hydrogen-bond acceptors (Lipinski definition) is 5. The van der Waals surface area contributed by atoms with Crippen molar-refractivity contribution in [2.75, 3.05) is 40.8 Å². The minimum Gasteiger partial charge on any atom is -0.390 e. The van der Waals surface area contributed by atoms with Crippen molar-refractivity contribution in [3.8, 4) is 0 Å². The van der Waals surface area contributed by atoms with E-state index >= 15 is 0 Å². The second-order valence-corrected chi connectivity index (χ2v) is 6.21. The zero-order valence-corrected chi connectivity index (χ0v) is 13.6. The molecule has 1 aliphatic heterocycles. The summed E-state index contributed by atoms with van der Waals surface area (Å²) in [5, 5.41) is 10.00. The largest absolute Gasteiger partial charge is 0.390 e. The van der Waals surface area contributed by atoms with Gasteiger partial charge in [-0.2, -0.15) is 0 Å². The minimum atomic E-state index is -0.454. The molecular formula is C16H26N4O2. The molecule has 6 heteroatoms. The fraction of sp³-hybridized carbons (Fsp3) is 0.625. The summed E-state index contributed by atoms with van der Waals surface area (Å²) < 4.78 is 0. The number of β-amino-alcohol motifs (C(OH)–C–C–N with tert-alkyl or cyclic N) is 1. The number of carbonyl (C=O) groups is 1. The molecule has 1 N–H and O–H groups in total. The van der Waals surface area contributed by atoms with Crippen molar-refractivity contribution >= 4 is 5.91 Å². The van der Waals surface area contributed by atoms with Gasteiger partial charge >= 0.3 is 0 Å². The van der Waals surface area contributed by atoms with E-state index in [-0.39, 0.29) is 11.9 Å². The molecule has 0 spiro atoms. The Balaban J connectivity index is 1.76. The van der Waals surface area contributed by atoms with Gasteiger partial charge in [-0.1, -0.05) is 6.07 Å². The first-order valence-electron chi connectivity index (χ1n) is 7.68. The lowest BCUT2D eigenvalue weighted by atomic mass is 10.2. The van der Waals surface area contributed by atoms with Gasteiger partial charge in [0, 0.05) is 38.8 Å². The molecule has 1 aromatic rings. The second kappa shape index (κ2) is 7.67. The molecule has 122 valence electrons. The van der Waals surface area contributed by atoms with E-state index in [2.05, 4.69) is 9.88 Å². The first-order chi connectivity index (χ1) is 10.5. The van der Waals surface area contributed by atoms with Crippen LogP contribution in [0.2, 0.25) is 0 Å². The third kappa shape index (κ3) is 4.50. The summed E-state index contributed by atoms with van der Waals surface area (Å²) in [7, 11) is 5.86. The van der Waals surface area contributed by atoms with Crippen LogP contribution in [0.3, 0.4) is 0 Å². The number of pyridine rings is 1. The number of aliphatic hydroxyl groups excluding tert-OH is 1. The molecule has 0 bridgehead atoms. The first kappa shape index (κ1) is 16.9. The van der Waals surface area contributed by atoms with Crippen molar-refractivity contribution < 1.29 is 9.90 Å². The van der Waals surface area contributed by atoms with Crippen LogP contribution in [-0.2, 0) is 11.3 Å². The molecule has 2 heterocycles. The predicted molar refractivity (Wildman–Crippen MR) is 85.2 cm³/mol. The van der Waals surface area contributed by atoms with Crippen molar-refractivity contribution in [1.29, 1.82) is 0 Å². The summed E-state index contributed by atoms with van der Waals surface area (Å²) >= 11 is 0. The van der Waals surface area contributed by atoms with E-state index < -0.39 is 6.10 Å². The Morgan fingerprint density at radius 1 is 1.36 bits per heavy atom. The van der Waals surface area contributed by atoms with Gasteiger partial charge < -0.3 is 19.8 Å². The van der Waals surface area contributed by atoms with E-state index in [0.29, 0.717) is 26.1 Å². The van der Waals surface area contributed by atoms with Crippen LogP contribution in [0.15, 0.2) is 24.4 Å². The van der Waals surface area contributed by atoms with Crippen LogP contribution >= 0.6 is 0 Å². The molecule has 0 aliphatic carbocycles. The van der Waals surface area contributed by atoms with Crippen molar-refractivity contribution in [2.45, 2.75) is 25.1 Å². The monoisotopic (exact) mass is 306 g/mol. The molecule has 6 nitrogen and oxygen atoms in total. The molecule has 1 amide bonds. The molecule has 1 saturated heterocycles. The SMILES string of the molecule is CN(CCC(=O)N1C[C@@H](O)[C@H](N(C)C)C1)Cc1ccccn1. The lowest BCUT2D eigenvalue weighted by Crippen LogP contribution is -2.38. The van der Waals surface area contributed by atoms with Gasteiger partial charge in [-0.05, 0) is 33.3 Å². The van der Waals surface area contributed by atoms with E-state index in [1.54, 1.807) is 11.1 Å². The molecule has 1 aromatic heterocycles. The van der Waals surface area contributed by atoms with Gasteiger partial charge in [-0.3, -0.25) is 9.78 Å². The van der Waals surface area contributed by atoms with Crippen molar-refractivity contribution in [3.05, 3.63) is 30.1 Å². The topological polar surface area (TPSA) is 59.9 Å². The zero-order valence-electron chi connectivity index (χ0n) is 13.6. The number of likely N-dealkylation sites (N-methyl/N-ethyl adjacent to an activating group) is 1.